The second-order valence-electron chi connectivity index (χ2n) is 8.39. The molecule has 1 aliphatic heterocycles. The van der Waals surface area contributed by atoms with Crippen LogP contribution in [0.5, 0.6) is 0 Å². The molecule has 1 fully saturated rings. The van der Waals surface area contributed by atoms with E-state index in [0.29, 0.717) is 5.11 Å². The fourth-order valence-corrected chi connectivity index (χ4v) is 5.16. The minimum absolute atomic E-state index is 0.0310. The molecule has 3 aromatic heterocycles. The van der Waals surface area contributed by atoms with Crippen molar-refractivity contribution in [3.05, 3.63) is 107 Å². The molecule has 1 aromatic carbocycles. The maximum absolute atomic E-state index is 5.88. The number of rotatable bonds is 5. The second-order valence-corrected chi connectivity index (χ2v) is 8.78. The number of aryl methyl sites for hydroxylation is 2. The summed E-state index contributed by atoms with van der Waals surface area (Å²) in [5, 5.41) is 4.28. The molecule has 1 N–H and O–H groups in total. The van der Waals surface area contributed by atoms with E-state index >= 15 is 0 Å². The molecule has 166 valence electrons. The zero-order valence-corrected chi connectivity index (χ0v) is 19.9. The third kappa shape index (κ3) is 3.80. The van der Waals surface area contributed by atoms with E-state index in [0.717, 1.165) is 29.2 Å². The van der Waals surface area contributed by atoms with Gasteiger partial charge < -0.3 is 14.8 Å². The van der Waals surface area contributed by atoms with Crippen LogP contribution >= 0.6 is 12.2 Å². The van der Waals surface area contributed by atoms with E-state index in [9.17, 15) is 0 Å². The molecule has 33 heavy (non-hydrogen) atoms. The molecule has 0 bridgehead atoms. The first kappa shape index (κ1) is 21.3. The van der Waals surface area contributed by atoms with Crippen LogP contribution in [0.3, 0.4) is 0 Å². The van der Waals surface area contributed by atoms with Gasteiger partial charge in [0.05, 0.1) is 29.7 Å². The second kappa shape index (κ2) is 8.79. The van der Waals surface area contributed by atoms with Crippen LogP contribution in [0.15, 0.2) is 79.3 Å². The van der Waals surface area contributed by atoms with Crippen LogP contribution in [0.2, 0.25) is 0 Å². The number of nitrogens with one attached hydrogen (secondary N) is 1. The predicted octanol–water partition coefficient (Wildman–Crippen LogP) is 5.62. The van der Waals surface area contributed by atoms with Crippen molar-refractivity contribution >= 4 is 23.0 Å². The number of anilines is 1. The van der Waals surface area contributed by atoms with Gasteiger partial charge in [-0.2, -0.15) is 0 Å². The van der Waals surface area contributed by atoms with Gasteiger partial charge in [0.1, 0.15) is 0 Å². The van der Waals surface area contributed by atoms with Crippen molar-refractivity contribution in [3.8, 4) is 5.69 Å². The summed E-state index contributed by atoms with van der Waals surface area (Å²) in [4.78, 5) is 11.2. The summed E-state index contributed by atoms with van der Waals surface area (Å²) in [6, 6.07) is 21.0. The van der Waals surface area contributed by atoms with E-state index in [4.69, 9.17) is 12.2 Å². The van der Waals surface area contributed by atoms with Gasteiger partial charge in [-0.15, -0.1) is 0 Å². The predicted molar refractivity (Wildman–Crippen MR) is 137 cm³/mol. The van der Waals surface area contributed by atoms with Crippen LogP contribution < -0.4 is 10.2 Å². The molecule has 0 spiro atoms. The van der Waals surface area contributed by atoms with Gasteiger partial charge >= 0.3 is 0 Å². The fourth-order valence-electron chi connectivity index (χ4n) is 4.81. The average molecular weight is 454 g/mol. The molecular weight excluding hydrogens is 426 g/mol. The summed E-state index contributed by atoms with van der Waals surface area (Å²) >= 11 is 5.88. The minimum Gasteiger partial charge on any atom is -0.351 e. The van der Waals surface area contributed by atoms with Crippen molar-refractivity contribution in [1.82, 2.24) is 19.9 Å². The Kier molecular flexibility index (Phi) is 5.68. The molecule has 0 saturated carbocycles. The number of benzene rings is 1. The number of thiocarbonyl (C=S) groups is 1. The molecular formula is C27H27N5S. The van der Waals surface area contributed by atoms with Gasteiger partial charge in [-0.3, -0.25) is 9.97 Å². The molecule has 1 saturated heterocycles. The van der Waals surface area contributed by atoms with Crippen LogP contribution in [0.1, 0.15) is 47.2 Å². The Morgan fingerprint density at radius 3 is 2.45 bits per heavy atom. The quantitative estimate of drug-likeness (QED) is 0.397. The highest BCUT2D eigenvalue weighted by Crippen LogP contribution is 2.43. The topological polar surface area (TPSA) is 46.0 Å². The molecule has 5 rings (SSSR count). The highest BCUT2D eigenvalue weighted by atomic mass is 32.1. The van der Waals surface area contributed by atoms with Crippen molar-refractivity contribution in [2.75, 3.05) is 4.90 Å². The molecule has 0 amide bonds. The Morgan fingerprint density at radius 1 is 0.970 bits per heavy atom. The highest BCUT2D eigenvalue weighted by Gasteiger charge is 2.42. The summed E-state index contributed by atoms with van der Waals surface area (Å²) in [7, 11) is 0. The van der Waals surface area contributed by atoms with Gasteiger partial charge in [0.15, 0.2) is 5.11 Å². The van der Waals surface area contributed by atoms with Gasteiger partial charge in [-0.25, -0.2) is 0 Å². The van der Waals surface area contributed by atoms with E-state index in [2.05, 4.69) is 88.0 Å². The van der Waals surface area contributed by atoms with Crippen LogP contribution in [0, 0.1) is 13.8 Å². The van der Waals surface area contributed by atoms with Crippen molar-refractivity contribution < 1.29 is 0 Å². The first-order valence-corrected chi connectivity index (χ1v) is 11.7. The van der Waals surface area contributed by atoms with Gasteiger partial charge in [0.2, 0.25) is 0 Å². The first-order chi connectivity index (χ1) is 16.1. The minimum atomic E-state index is -0.0626. The van der Waals surface area contributed by atoms with E-state index in [1.165, 1.54) is 16.8 Å². The molecule has 4 heterocycles. The molecule has 6 heteroatoms. The van der Waals surface area contributed by atoms with E-state index in [-0.39, 0.29) is 12.1 Å². The largest absolute Gasteiger partial charge is 0.351 e. The Balaban J connectivity index is 1.66. The smallest absolute Gasteiger partial charge is 0.174 e. The number of nitrogens with zero attached hydrogens (tertiary/aromatic N) is 4. The normalized spacial score (nSPS) is 17.9. The van der Waals surface area contributed by atoms with Crippen LogP contribution in [0.25, 0.3) is 5.69 Å². The summed E-state index contributed by atoms with van der Waals surface area (Å²) in [6.07, 6.45) is 6.56. The van der Waals surface area contributed by atoms with E-state index in [1.54, 1.807) is 6.20 Å². The fraction of sp³-hybridized carbons (Fsp3) is 0.222. The lowest BCUT2D eigenvalue weighted by Gasteiger charge is -2.28. The van der Waals surface area contributed by atoms with Crippen LogP contribution in [-0.2, 0) is 6.42 Å². The van der Waals surface area contributed by atoms with Gasteiger partial charge in [0.25, 0.3) is 0 Å². The maximum Gasteiger partial charge on any atom is 0.174 e. The molecule has 4 aromatic rings. The Bertz CT molecular complexity index is 1270. The molecule has 1 aliphatic rings. The summed E-state index contributed by atoms with van der Waals surface area (Å²) in [5.74, 6) is 0. The van der Waals surface area contributed by atoms with Gasteiger partial charge in [-0.1, -0.05) is 25.1 Å². The first-order valence-electron chi connectivity index (χ1n) is 11.3. The third-order valence-electron chi connectivity index (χ3n) is 6.41. The lowest BCUT2D eigenvalue weighted by Crippen LogP contribution is -2.29. The van der Waals surface area contributed by atoms with E-state index < -0.39 is 0 Å². The zero-order chi connectivity index (χ0) is 22.9. The van der Waals surface area contributed by atoms with Gasteiger partial charge in [-0.05, 0) is 86.1 Å². The molecule has 5 nitrogen and oxygen atoms in total. The summed E-state index contributed by atoms with van der Waals surface area (Å²) in [6.45, 7) is 6.48. The highest BCUT2D eigenvalue weighted by molar-refractivity contribution is 7.80. The lowest BCUT2D eigenvalue weighted by molar-refractivity contribution is 0.565. The Hall–Kier alpha value is -3.51. The van der Waals surface area contributed by atoms with Crippen molar-refractivity contribution in [1.29, 1.82) is 0 Å². The SMILES string of the molecule is CCc1ccc(N2C(=S)N[C@@H](c3ccccn3)[C@@H]2c2cc(C)n(-c3cccnc3)c2C)cc1. The summed E-state index contributed by atoms with van der Waals surface area (Å²) in [5.41, 5.74) is 7.98. The molecule has 2 atom stereocenters. The number of hydrogen-bond acceptors (Lipinski definition) is 3. The average Bonchev–Trinajstić information content (AvgIpc) is 3.35. The maximum atomic E-state index is 5.88. The van der Waals surface area contributed by atoms with Gasteiger partial charge in [0, 0.05) is 29.5 Å². The number of aromatic nitrogens is 3. The third-order valence-corrected chi connectivity index (χ3v) is 6.73. The Morgan fingerprint density at radius 2 is 1.79 bits per heavy atom. The van der Waals surface area contributed by atoms with Crippen molar-refractivity contribution in [2.45, 2.75) is 39.3 Å². The van der Waals surface area contributed by atoms with E-state index in [1.807, 2.05) is 30.6 Å². The Labute approximate surface area is 200 Å². The van der Waals surface area contributed by atoms with Crippen molar-refractivity contribution in [2.24, 2.45) is 0 Å². The standard InChI is InChI=1S/C27H27N5S/c1-4-20-10-12-21(13-11-20)32-26(25(30-27(32)33)24-9-5-6-15-29-24)23-16-18(2)31(19(23)3)22-8-7-14-28-17-22/h5-17,25-26H,4H2,1-3H3,(H,30,33)/t25-,26-/m0/s1. The molecule has 0 aliphatic carbocycles. The molecule has 0 radical (unpaired) electrons. The van der Waals surface area contributed by atoms with Crippen LogP contribution in [0.4, 0.5) is 5.69 Å². The zero-order valence-electron chi connectivity index (χ0n) is 19.1. The lowest BCUT2D eigenvalue weighted by atomic mass is 9.96. The number of hydrogen-bond donors (Lipinski definition) is 1. The summed E-state index contributed by atoms with van der Waals surface area (Å²) < 4.78 is 2.26. The van der Waals surface area contributed by atoms with Crippen LogP contribution in [-0.4, -0.2) is 19.6 Å². The molecule has 0 unspecified atom stereocenters. The monoisotopic (exact) mass is 453 g/mol. The number of pyridine rings is 2. The van der Waals surface area contributed by atoms with Crippen molar-refractivity contribution in [3.63, 3.8) is 0 Å².